The minimum Gasteiger partial charge on any atom is -0.484 e. The molecule has 320 valence electrons. The summed E-state index contributed by atoms with van der Waals surface area (Å²) in [6.07, 6.45) is 4.41. The first kappa shape index (κ1) is 46.7. The van der Waals surface area contributed by atoms with Crippen molar-refractivity contribution < 1.29 is 38.8 Å². The molecule has 4 aliphatic heterocycles. The van der Waals surface area contributed by atoms with Crippen LogP contribution in [0.4, 0.5) is 0 Å². The normalized spacial score (nSPS) is 17.4. The number of thioether (sulfide) groups is 1. The quantitative estimate of drug-likeness (QED) is 0.129. The Kier molecular flexibility index (Phi) is 17.9. The molecule has 0 bridgehead atoms. The first-order valence-corrected chi connectivity index (χ1v) is 21.7. The molecule has 0 radical (unpaired) electrons. The van der Waals surface area contributed by atoms with Gasteiger partial charge in [0, 0.05) is 96.8 Å². The van der Waals surface area contributed by atoms with Gasteiger partial charge in [0.25, 0.3) is 5.91 Å². The van der Waals surface area contributed by atoms with Crippen LogP contribution in [-0.2, 0) is 27.3 Å². The van der Waals surface area contributed by atoms with Crippen LogP contribution in [0.2, 0.25) is 5.02 Å². The van der Waals surface area contributed by atoms with E-state index in [-0.39, 0.29) is 31.7 Å². The monoisotopic (exact) mass is 896 g/mol. The molecule has 4 aromatic carbocycles. The Morgan fingerprint density at radius 1 is 0.833 bits per heavy atom. The zero-order valence-electron chi connectivity index (χ0n) is 33.5. The van der Waals surface area contributed by atoms with Crippen molar-refractivity contribution in [2.45, 2.75) is 33.7 Å². The molecule has 2 saturated heterocycles. The smallest absolute Gasteiger partial charge is 0.328 e. The fourth-order valence-electron chi connectivity index (χ4n) is 7.04. The number of ether oxygens (including phenoxy) is 3. The molecule has 4 heterocycles. The second kappa shape index (κ2) is 23.0. The summed E-state index contributed by atoms with van der Waals surface area (Å²) in [7, 11) is 2.23. The number of amides is 1. The van der Waals surface area contributed by atoms with Gasteiger partial charge in [0.05, 0.1) is 0 Å². The number of carboxylic acid groups (broad SMARTS) is 2. The van der Waals surface area contributed by atoms with Crippen molar-refractivity contribution in [1.29, 1.82) is 0 Å². The van der Waals surface area contributed by atoms with Gasteiger partial charge in [-0.15, -0.1) is 24.2 Å². The van der Waals surface area contributed by atoms with Gasteiger partial charge in [-0.05, 0) is 97.1 Å². The van der Waals surface area contributed by atoms with Crippen LogP contribution in [0.3, 0.4) is 0 Å². The lowest BCUT2D eigenvalue weighted by atomic mass is 9.96. The molecule has 2 fully saturated rings. The molecule has 1 atom stereocenters. The number of aliphatic carboxylic acids is 2. The fraction of sp³-hybridized carbons (Fsp3) is 0.341. The van der Waals surface area contributed by atoms with Crippen molar-refractivity contribution in [2.75, 3.05) is 79.1 Å². The molecule has 8 rings (SSSR count). The molecule has 12 nitrogen and oxygen atoms in total. The minimum absolute atomic E-state index is 0. The van der Waals surface area contributed by atoms with Crippen LogP contribution in [0.5, 0.6) is 17.2 Å². The average molecular weight is 898 g/mol. The number of piperazine rings is 2. The molecule has 16 heteroatoms. The topological polar surface area (TPSA) is 132 Å². The Morgan fingerprint density at radius 2 is 1.52 bits per heavy atom. The molecule has 1 amide bonds. The Hall–Kier alpha value is -4.41. The van der Waals surface area contributed by atoms with Crippen LogP contribution >= 0.6 is 47.5 Å². The number of likely N-dealkylation sites (N-methyl/N-ethyl adjacent to an activating group) is 1. The Labute approximate surface area is 370 Å². The van der Waals surface area contributed by atoms with Crippen LogP contribution in [0.25, 0.3) is 0 Å². The number of carbonyl (C=O) groups excluding carboxylic acids is 1. The highest BCUT2D eigenvalue weighted by molar-refractivity contribution is 7.99. The zero-order valence-corrected chi connectivity index (χ0v) is 36.7. The van der Waals surface area contributed by atoms with E-state index in [1.54, 1.807) is 24.3 Å². The molecule has 4 aromatic rings. The summed E-state index contributed by atoms with van der Waals surface area (Å²) in [6, 6.07) is 29.5. The number of benzene rings is 4. The van der Waals surface area contributed by atoms with Crippen molar-refractivity contribution in [3.63, 3.8) is 0 Å². The Morgan fingerprint density at radius 3 is 2.20 bits per heavy atom. The second-order valence-corrected chi connectivity index (χ2v) is 16.7. The third-order valence-corrected chi connectivity index (χ3v) is 12.5. The van der Waals surface area contributed by atoms with Gasteiger partial charge in [-0.25, -0.2) is 9.59 Å². The molecule has 0 spiro atoms. The van der Waals surface area contributed by atoms with E-state index in [0.29, 0.717) is 42.1 Å². The van der Waals surface area contributed by atoms with Gasteiger partial charge in [-0.2, -0.15) is 0 Å². The summed E-state index contributed by atoms with van der Waals surface area (Å²) >= 11 is 9.64. The van der Waals surface area contributed by atoms with E-state index in [9.17, 15) is 14.4 Å². The van der Waals surface area contributed by atoms with Crippen LogP contribution in [-0.4, -0.2) is 127 Å². The number of nitrogens with zero attached hydrogens (tertiary/aromatic N) is 4. The van der Waals surface area contributed by atoms with Crippen LogP contribution in [0, 0.1) is 0 Å². The van der Waals surface area contributed by atoms with Crippen molar-refractivity contribution in [3.8, 4) is 17.2 Å². The molecule has 0 saturated carbocycles. The maximum atomic E-state index is 12.4. The lowest BCUT2D eigenvalue weighted by molar-refractivity contribution is -0.135. The zero-order chi connectivity index (χ0) is 41.7. The predicted octanol–water partition coefficient (Wildman–Crippen LogP) is 7.33. The lowest BCUT2D eigenvalue weighted by Crippen LogP contribution is -2.49. The van der Waals surface area contributed by atoms with Crippen LogP contribution in [0.15, 0.2) is 112 Å². The average Bonchev–Trinajstić information content (AvgIpc) is 3.65. The second-order valence-electron chi connectivity index (χ2n) is 14.3. The molecule has 0 aliphatic carbocycles. The molecule has 60 heavy (non-hydrogen) atoms. The summed E-state index contributed by atoms with van der Waals surface area (Å²) in [5, 5.41) is 16.3. The minimum atomic E-state index is -1.26. The molecule has 4 aliphatic rings. The summed E-state index contributed by atoms with van der Waals surface area (Å²) in [5.74, 6) is -0.253. The van der Waals surface area contributed by atoms with Gasteiger partial charge in [0.2, 0.25) is 6.79 Å². The van der Waals surface area contributed by atoms with Gasteiger partial charge in [0.1, 0.15) is 5.75 Å². The van der Waals surface area contributed by atoms with E-state index in [1.165, 1.54) is 44.5 Å². The van der Waals surface area contributed by atoms with E-state index in [0.717, 1.165) is 50.6 Å². The number of hydrogen-bond acceptors (Lipinski definition) is 11. The van der Waals surface area contributed by atoms with Crippen molar-refractivity contribution in [1.82, 2.24) is 19.6 Å². The maximum absolute atomic E-state index is 12.4. The number of hydrogen-bond donors (Lipinski definition) is 2. The lowest BCUT2D eigenvalue weighted by Gasteiger charge is -2.38. The van der Waals surface area contributed by atoms with E-state index >= 15 is 0 Å². The highest BCUT2D eigenvalue weighted by atomic mass is 35.5. The summed E-state index contributed by atoms with van der Waals surface area (Å²) < 4.78 is 16.3. The SMILES string of the molecule is CSc1ccc2c(c1)C(N1CCN(C)CC1)Cc1ccccc1S2.Cl.O=C(COc1ccc(Cl)cc1)N1CCN(Cc2ccc3c(c2)OCO3)CC1.O=C(O)C=CC(=O)O. The third kappa shape index (κ3) is 13.5. The first-order valence-electron chi connectivity index (χ1n) is 19.3. The van der Waals surface area contributed by atoms with E-state index in [4.69, 9.17) is 36.0 Å². The van der Waals surface area contributed by atoms with E-state index in [2.05, 4.69) is 76.5 Å². The largest absolute Gasteiger partial charge is 0.484 e. The Bertz CT molecular complexity index is 2080. The summed E-state index contributed by atoms with van der Waals surface area (Å²) in [5.41, 5.74) is 4.20. The predicted molar refractivity (Wildman–Crippen MR) is 237 cm³/mol. The Balaban J connectivity index is 0.000000191. The third-order valence-electron chi connectivity index (χ3n) is 10.3. The van der Waals surface area contributed by atoms with E-state index < -0.39 is 11.9 Å². The fourth-order valence-corrected chi connectivity index (χ4v) is 8.73. The van der Waals surface area contributed by atoms with Crippen LogP contribution < -0.4 is 14.2 Å². The van der Waals surface area contributed by atoms with Gasteiger partial charge in [-0.1, -0.05) is 47.6 Å². The molecular weight excluding hydrogens is 848 g/mol. The molecule has 0 aromatic heterocycles. The van der Waals surface area contributed by atoms with Crippen molar-refractivity contribution in [3.05, 3.63) is 119 Å². The summed E-state index contributed by atoms with van der Waals surface area (Å²) in [6.45, 7) is 8.91. The molecule has 2 N–H and O–H groups in total. The number of fused-ring (bicyclic) bond motifs is 3. The standard InChI is InChI=1S/C20H21ClN2O4.C20H24N2S2.C4H4O4.ClH/c21-16-2-4-17(5-3-16)25-13-20(24)23-9-7-22(8-10-23)12-15-1-6-18-19(11-15)27-14-26-18;1-21-9-11-22(12-10-21)18-13-15-5-3-4-6-19(15)24-20-8-7-16(23-2)14-17(18)20;5-3(6)1-2-4(7)8;/h1-6,11H,7-10,12-14H2;3-8,14,18H,9-13H2,1-2H3;1-2H,(H,5,6)(H,7,8);1H. The van der Waals surface area contributed by atoms with Gasteiger partial charge >= 0.3 is 11.9 Å². The number of carbonyl (C=O) groups is 3. The highest BCUT2D eigenvalue weighted by Gasteiger charge is 2.30. The number of rotatable bonds is 9. The maximum Gasteiger partial charge on any atom is 0.328 e. The summed E-state index contributed by atoms with van der Waals surface area (Å²) in [4.78, 5) is 45.0. The molecule has 1 unspecified atom stereocenters. The van der Waals surface area contributed by atoms with Gasteiger partial charge in [0.15, 0.2) is 18.1 Å². The molecular formula is C44H50Cl2N4O8S2. The van der Waals surface area contributed by atoms with Crippen molar-refractivity contribution >= 4 is 65.4 Å². The highest BCUT2D eigenvalue weighted by Crippen LogP contribution is 2.44. The van der Waals surface area contributed by atoms with Crippen LogP contribution in [0.1, 0.15) is 22.7 Å². The van der Waals surface area contributed by atoms with Crippen molar-refractivity contribution in [2.24, 2.45) is 0 Å². The van der Waals surface area contributed by atoms with Gasteiger partial charge in [-0.3, -0.25) is 14.6 Å². The number of carboxylic acids is 2. The first-order chi connectivity index (χ1) is 28.5. The number of halogens is 2. The van der Waals surface area contributed by atoms with Gasteiger partial charge < -0.3 is 34.2 Å². The van der Waals surface area contributed by atoms with E-state index in [1.807, 2.05) is 40.6 Å².